The van der Waals surface area contributed by atoms with Gasteiger partial charge in [0.05, 0.1) is 26.3 Å². The van der Waals surface area contributed by atoms with Crippen LogP contribution < -0.4 is 31.6 Å². The number of piperazine rings is 1. The van der Waals surface area contributed by atoms with E-state index in [0.29, 0.717) is 36.1 Å². The summed E-state index contributed by atoms with van der Waals surface area (Å²) < 4.78 is 24.0. The number of carbonyl (C=O) groups is 6. The summed E-state index contributed by atoms with van der Waals surface area (Å²) in [5.41, 5.74) is 12.8. The molecule has 0 saturated carbocycles. The van der Waals surface area contributed by atoms with Crippen LogP contribution in [0.2, 0.25) is 0 Å². The van der Waals surface area contributed by atoms with E-state index in [-0.39, 0.29) is 64.0 Å². The summed E-state index contributed by atoms with van der Waals surface area (Å²) in [6.45, 7) is 2.63. The number of likely N-dealkylation sites (tertiary alicyclic amines) is 1. The molecule has 58 heavy (non-hydrogen) atoms. The lowest BCUT2D eigenvalue weighted by Gasteiger charge is -2.56. The van der Waals surface area contributed by atoms with E-state index in [4.69, 9.17) is 35.5 Å². The fraction of sp³-hybridized carbons (Fsp3) is 0.615. The molecule has 1 aromatic carbocycles. The van der Waals surface area contributed by atoms with Crippen LogP contribution in [-0.2, 0) is 40.5 Å². The van der Waals surface area contributed by atoms with Gasteiger partial charge >= 0.3 is 18.2 Å². The van der Waals surface area contributed by atoms with E-state index in [1.165, 1.54) is 15.4 Å². The van der Waals surface area contributed by atoms with Crippen LogP contribution in [0.1, 0.15) is 56.6 Å². The molecular formula is C39H54N8O11. The number of likely N-dealkylation sites (N-methyl/N-ethyl adjacent to an activating group) is 1. The molecule has 6 atom stereocenters. The van der Waals surface area contributed by atoms with Gasteiger partial charge in [0, 0.05) is 62.1 Å². The van der Waals surface area contributed by atoms with Crippen molar-refractivity contribution in [1.29, 1.82) is 0 Å². The highest BCUT2D eigenvalue weighted by Gasteiger charge is 2.65. The second-order valence-corrected chi connectivity index (χ2v) is 15.5. The molecule has 2 aliphatic carbocycles. The quantitative estimate of drug-likeness (QED) is 0.0659. The second kappa shape index (κ2) is 17.9. The van der Waals surface area contributed by atoms with Crippen LogP contribution in [-0.4, -0.2) is 146 Å². The molecule has 2 fully saturated rings. The van der Waals surface area contributed by atoms with Gasteiger partial charge in [0.1, 0.15) is 12.2 Å². The van der Waals surface area contributed by atoms with Crippen molar-refractivity contribution >= 4 is 41.7 Å². The number of piperidine rings is 1. The highest BCUT2D eigenvalue weighted by molar-refractivity contribution is 5.96. The number of allylic oxidation sites excluding steroid dienone is 1. The van der Waals surface area contributed by atoms with Gasteiger partial charge in [0.25, 0.3) is 0 Å². The van der Waals surface area contributed by atoms with E-state index in [9.17, 15) is 28.8 Å². The lowest BCUT2D eigenvalue weighted by Crippen LogP contribution is -2.64. The molecule has 6 rings (SSSR count). The van der Waals surface area contributed by atoms with Gasteiger partial charge in [-0.1, -0.05) is 6.07 Å². The fourth-order valence-electron chi connectivity index (χ4n) is 9.35. The third kappa shape index (κ3) is 8.63. The molecule has 0 radical (unpaired) electrons. The van der Waals surface area contributed by atoms with E-state index < -0.39 is 72.2 Å². The summed E-state index contributed by atoms with van der Waals surface area (Å²) in [5, 5.41) is 14.0. The maximum Gasteiger partial charge on any atom is 0.415 e. The Morgan fingerprint density at radius 3 is 2.62 bits per heavy atom. The Hall–Kier alpha value is -5.59. The van der Waals surface area contributed by atoms with Crippen molar-refractivity contribution in [3.05, 3.63) is 35.1 Å². The van der Waals surface area contributed by atoms with Crippen LogP contribution in [0.4, 0.5) is 9.59 Å². The molecule has 19 nitrogen and oxygen atoms in total. The van der Waals surface area contributed by atoms with Crippen molar-refractivity contribution in [3.63, 3.8) is 0 Å². The fourth-order valence-corrected chi connectivity index (χ4v) is 9.35. The minimum absolute atomic E-state index is 0.0307. The van der Waals surface area contributed by atoms with Crippen LogP contribution in [0.25, 0.3) is 0 Å². The van der Waals surface area contributed by atoms with Crippen LogP contribution in [0.3, 0.4) is 0 Å². The first kappa shape index (κ1) is 42.0. The van der Waals surface area contributed by atoms with Gasteiger partial charge in [0.2, 0.25) is 11.8 Å². The van der Waals surface area contributed by atoms with E-state index >= 15 is 0 Å². The maximum atomic E-state index is 14.3. The third-order valence-corrected chi connectivity index (χ3v) is 12.0. The first-order chi connectivity index (χ1) is 27.8. The largest absolute Gasteiger partial charge is 0.493 e. The lowest BCUT2D eigenvalue weighted by molar-refractivity contribution is -0.141. The number of ether oxygens (including phenoxy) is 4. The van der Waals surface area contributed by atoms with Crippen molar-refractivity contribution in [1.82, 2.24) is 25.3 Å². The number of benzene rings is 1. The van der Waals surface area contributed by atoms with Crippen molar-refractivity contribution in [2.24, 2.45) is 28.3 Å². The summed E-state index contributed by atoms with van der Waals surface area (Å²) in [4.78, 5) is 85.7. The molecule has 5 aliphatic rings. The average molecular weight is 811 g/mol. The normalized spacial score (nSPS) is 24.6. The van der Waals surface area contributed by atoms with Crippen LogP contribution in [0, 0.1) is 11.8 Å². The van der Waals surface area contributed by atoms with Gasteiger partial charge < -0.3 is 56.0 Å². The van der Waals surface area contributed by atoms with E-state index in [2.05, 4.69) is 33.6 Å². The number of aliphatic imine (C=N–C) groups is 1. The smallest absolute Gasteiger partial charge is 0.415 e. The Kier molecular flexibility index (Phi) is 13.0. The summed E-state index contributed by atoms with van der Waals surface area (Å²) in [5.74, 6) is -2.19. The zero-order valence-corrected chi connectivity index (χ0v) is 33.2. The predicted molar refractivity (Wildman–Crippen MR) is 207 cm³/mol. The molecule has 3 aliphatic heterocycles. The van der Waals surface area contributed by atoms with Gasteiger partial charge in [0.15, 0.2) is 29.3 Å². The number of nitrogens with zero attached hydrogens (tertiary/aromatic N) is 4. The first-order valence-electron chi connectivity index (χ1n) is 19.8. The Balaban J connectivity index is 1.18. The lowest BCUT2D eigenvalue weighted by atomic mass is 9.53. The van der Waals surface area contributed by atoms with Gasteiger partial charge in [-0.25, -0.2) is 9.59 Å². The maximum absolute atomic E-state index is 14.3. The van der Waals surface area contributed by atoms with Crippen molar-refractivity contribution < 1.29 is 52.8 Å². The topological polar surface area (TPSA) is 258 Å². The average Bonchev–Trinajstić information content (AvgIpc) is 3.54. The number of nitrogens with two attached hydrogens (primary N) is 2. The Labute approximate surface area is 336 Å². The summed E-state index contributed by atoms with van der Waals surface area (Å²) >= 11 is 0. The minimum Gasteiger partial charge on any atom is -0.493 e. The second-order valence-electron chi connectivity index (χ2n) is 15.5. The number of carboxylic acid groups (broad SMARTS) is 1. The zero-order chi connectivity index (χ0) is 41.7. The van der Waals surface area contributed by atoms with Crippen LogP contribution >= 0.6 is 0 Å². The number of nitrogens with one attached hydrogen (secondary N) is 2. The highest BCUT2D eigenvalue weighted by Crippen LogP contribution is 2.63. The van der Waals surface area contributed by atoms with Gasteiger partial charge in [-0.15, -0.1) is 0 Å². The number of rotatable bonds is 16. The van der Waals surface area contributed by atoms with Crippen LogP contribution in [0.15, 0.2) is 29.0 Å². The minimum atomic E-state index is -1.34. The number of carbonyl (C=O) groups excluding carboxylic acids is 5. The van der Waals surface area contributed by atoms with Gasteiger partial charge in [-0.2, -0.15) is 0 Å². The predicted octanol–water partition coefficient (Wildman–Crippen LogP) is 0.473. The molecule has 2 saturated heterocycles. The highest BCUT2D eigenvalue weighted by atomic mass is 16.6. The van der Waals surface area contributed by atoms with Crippen molar-refractivity contribution in [2.45, 2.75) is 75.5 Å². The first-order valence-corrected chi connectivity index (χ1v) is 19.8. The van der Waals surface area contributed by atoms with Gasteiger partial charge in [-0.3, -0.25) is 29.1 Å². The number of hydrogen-bond donors (Lipinski definition) is 5. The molecule has 19 heteroatoms. The number of ketones is 1. The molecule has 1 spiro atoms. The number of carboxylic acids is 1. The molecular weight excluding hydrogens is 756 g/mol. The summed E-state index contributed by atoms with van der Waals surface area (Å²) in [6.07, 6.45) is 2.07. The van der Waals surface area contributed by atoms with E-state index in [1.807, 2.05) is 12.1 Å². The summed E-state index contributed by atoms with van der Waals surface area (Å²) in [6, 6.07) is 3.60. The molecule has 2 bridgehead atoms. The van der Waals surface area contributed by atoms with Crippen molar-refractivity contribution in [2.75, 3.05) is 66.6 Å². The van der Waals surface area contributed by atoms with Gasteiger partial charge in [-0.05, 0) is 76.2 Å². The molecule has 1 aromatic rings. The molecule has 2 unspecified atom stereocenters. The molecule has 7 N–H and O–H groups in total. The number of methoxy groups -OCH3 is 1. The van der Waals surface area contributed by atoms with E-state index in [0.717, 1.165) is 24.9 Å². The molecule has 4 amide bonds. The summed E-state index contributed by atoms with van der Waals surface area (Å²) in [7, 11) is 3.77. The van der Waals surface area contributed by atoms with Crippen molar-refractivity contribution in [3.8, 4) is 11.5 Å². The number of Topliss-reactive ketones (excluding diaryl/α,β-unsaturated/α-hetero) is 1. The standard InChI is InChI=1S/C39H54N8O11/c1-4-56-37(53)46-14-15-47(24(21-46)19-44-35(52)23(6-5-12-42-36(40)41)16-25(48)20-43-30(49)18-31(50)51)38(54)57-29-10-8-26-27-17-22-7-9-28(55-3)33-32(22)39(26,34(29)58-33)11-13-45(27)2/h7,9-10,23-24,26-27,34H,4-6,8,11-21H2,1-3H3,(H,43,49)(H,44,52)(H,50,51)(H4,40,41,42)/t23-,24?,26?,27-,34-,39+/m1/s1. The molecule has 0 aromatic heterocycles. The number of hydrogen-bond acceptors (Lipinski definition) is 12. The molecule has 3 heterocycles. The monoisotopic (exact) mass is 810 g/mol. The molecule has 316 valence electrons. The number of aliphatic carboxylic acids is 1. The Bertz CT molecular complexity index is 1850. The van der Waals surface area contributed by atoms with E-state index in [1.54, 1.807) is 14.0 Å². The number of amides is 4. The third-order valence-electron chi connectivity index (χ3n) is 12.0. The Morgan fingerprint density at radius 1 is 1.10 bits per heavy atom. The SMILES string of the molecule is CCOC(=O)N1CCN(C(=O)OC2=CCC3[C@H]4Cc5ccc(OC)c6c5[C@@]3(CCN4C)[C@@H]2O6)C(CNC(=O)[C@H](CCCN=C(N)N)CC(=O)CNC(=O)CC(=O)O)C1. The number of guanidine groups is 1. The zero-order valence-electron chi connectivity index (χ0n) is 33.2. The van der Waals surface area contributed by atoms with Crippen LogP contribution in [0.5, 0.6) is 11.5 Å². The Morgan fingerprint density at radius 2 is 1.90 bits per heavy atom.